The Balaban J connectivity index is 1.69. The summed E-state index contributed by atoms with van der Waals surface area (Å²) in [5.74, 6) is 1.02. The van der Waals surface area contributed by atoms with Crippen LogP contribution in [0.25, 0.3) is 0 Å². The summed E-state index contributed by atoms with van der Waals surface area (Å²) in [4.78, 5) is 2.82. The van der Waals surface area contributed by atoms with Crippen molar-refractivity contribution in [2.45, 2.75) is 83.7 Å². The first kappa shape index (κ1) is 15.3. The van der Waals surface area contributed by atoms with Crippen LogP contribution in [0.2, 0.25) is 0 Å². The van der Waals surface area contributed by atoms with Crippen LogP contribution in [0.3, 0.4) is 0 Å². The van der Waals surface area contributed by atoms with E-state index < -0.39 is 0 Å². The highest BCUT2D eigenvalue weighted by Crippen LogP contribution is 2.36. The second-order valence-electron chi connectivity index (χ2n) is 6.75. The highest BCUT2D eigenvalue weighted by Gasteiger charge is 2.35. The fraction of sp³-hybridized carbons (Fsp3) is 1.00. The number of likely N-dealkylation sites (tertiary alicyclic amines) is 1. The van der Waals surface area contributed by atoms with Gasteiger partial charge in [-0.3, -0.25) is 4.90 Å². The Kier molecular flexibility index (Phi) is 6.66. The van der Waals surface area contributed by atoms with Crippen molar-refractivity contribution < 1.29 is 0 Å². The van der Waals surface area contributed by atoms with Gasteiger partial charge in [0.15, 0.2) is 0 Å². The lowest BCUT2D eigenvalue weighted by atomic mass is 9.95. The van der Waals surface area contributed by atoms with Gasteiger partial charge in [-0.1, -0.05) is 32.6 Å². The molecule has 0 aromatic rings. The summed E-state index contributed by atoms with van der Waals surface area (Å²) < 4.78 is 0. The van der Waals surface area contributed by atoms with Crippen LogP contribution in [0.1, 0.15) is 71.6 Å². The Hall–Kier alpha value is -0.0800. The third-order valence-electron chi connectivity index (χ3n) is 5.25. The van der Waals surface area contributed by atoms with Crippen LogP contribution < -0.4 is 5.32 Å². The maximum absolute atomic E-state index is 3.67. The van der Waals surface area contributed by atoms with E-state index in [0.717, 1.165) is 18.0 Å². The van der Waals surface area contributed by atoms with Gasteiger partial charge >= 0.3 is 0 Å². The van der Waals surface area contributed by atoms with E-state index in [9.17, 15) is 0 Å². The molecule has 1 aliphatic carbocycles. The molecule has 0 aromatic heterocycles. The Labute approximate surface area is 120 Å². The Morgan fingerprint density at radius 1 is 1.11 bits per heavy atom. The van der Waals surface area contributed by atoms with E-state index in [1.807, 2.05) is 0 Å². The molecular weight excluding hydrogens is 232 g/mol. The molecule has 0 amide bonds. The Morgan fingerprint density at radius 3 is 2.63 bits per heavy atom. The molecule has 0 radical (unpaired) electrons. The first-order valence-corrected chi connectivity index (χ1v) is 8.79. The van der Waals surface area contributed by atoms with E-state index in [2.05, 4.69) is 24.1 Å². The SMILES string of the molecule is CCCCCNCC(C)N1CCCC1C1CCCC1. The summed E-state index contributed by atoms with van der Waals surface area (Å²) in [6.45, 7) is 8.45. The largest absolute Gasteiger partial charge is 0.315 e. The minimum absolute atomic E-state index is 0.731. The standard InChI is InChI=1S/C17H34N2/c1-3-4-7-12-18-14-15(2)19-13-8-11-17(19)16-9-5-6-10-16/h15-18H,3-14H2,1-2H3. The quantitative estimate of drug-likeness (QED) is 0.672. The highest BCUT2D eigenvalue weighted by molar-refractivity contribution is 4.90. The average molecular weight is 266 g/mol. The van der Waals surface area contributed by atoms with E-state index in [4.69, 9.17) is 0 Å². The van der Waals surface area contributed by atoms with Crippen LogP contribution in [0.15, 0.2) is 0 Å². The van der Waals surface area contributed by atoms with Gasteiger partial charge in [0.25, 0.3) is 0 Å². The van der Waals surface area contributed by atoms with Crippen molar-refractivity contribution in [3.8, 4) is 0 Å². The predicted molar refractivity (Wildman–Crippen MR) is 83.5 cm³/mol. The van der Waals surface area contributed by atoms with E-state index in [1.165, 1.54) is 77.4 Å². The van der Waals surface area contributed by atoms with Crippen LogP contribution in [0, 0.1) is 5.92 Å². The summed E-state index contributed by atoms with van der Waals surface area (Å²) in [6.07, 6.45) is 12.9. The van der Waals surface area contributed by atoms with Crippen molar-refractivity contribution in [2.75, 3.05) is 19.6 Å². The first-order chi connectivity index (χ1) is 9.33. The van der Waals surface area contributed by atoms with Crippen molar-refractivity contribution in [2.24, 2.45) is 5.92 Å². The van der Waals surface area contributed by atoms with E-state index >= 15 is 0 Å². The van der Waals surface area contributed by atoms with Crippen LogP contribution >= 0.6 is 0 Å². The summed E-state index contributed by atoms with van der Waals surface area (Å²) >= 11 is 0. The number of nitrogens with one attached hydrogen (secondary N) is 1. The second kappa shape index (κ2) is 8.26. The van der Waals surface area contributed by atoms with Gasteiger partial charge in [-0.15, -0.1) is 0 Å². The maximum atomic E-state index is 3.67. The fourth-order valence-electron chi connectivity index (χ4n) is 4.14. The molecule has 2 nitrogen and oxygen atoms in total. The molecule has 0 aromatic carbocycles. The maximum Gasteiger partial charge on any atom is 0.0195 e. The third-order valence-corrected chi connectivity index (χ3v) is 5.25. The van der Waals surface area contributed by atoms with Gasteiger partial charge in [-0.05, 0) is 58.0 Å². The van der Waals surface area contributed by atoms with Crippen molar-refractivity contribution >= 4 is 0 Å². The topological polar surface area (TPSA) is 15.3 Å². The molecule has 2 aliphatic rings. The van der Waals surface area contributed by atoms with Crippen molar-refractivity contribution in [1.29, 1.82) is 0 Å². The summed E-state index contributed by atoms with van der Waals surface area (Å²) in [6, 6.07) is 1.64. The summed E-state index contributed by atoms with van der Waals surface area (Å²) in [7, 11) is 0. The number of unbranched alkanes of at least 4 members (excludes halogenated alkanes) is 2. The fourth-order valence-corrected chi connectivity index (χ4v) is 4.14. The molecule has 2 unspecified atom stereocenters. The van der Waals surface area contributed by atoms with Gasteiger partial charge in [-0.25, -0.2) is 0 Å². The van der Waals surface area contributed by atoms with Gasteiger partial charge in [0, 0.05) is 18.6 Å². The molecular formula is C17H34N2. The van der Waals surface area contributed by atoms with Gasteiger partial charge in [0.1, 0.15) is 0 Å². The molecule has 1 saturated heterocycles. The third kappa shape index (κ3) is 4.46. The molecule has 1 heterocycles. The first-order valence-electron chi connectivity index (χ1n) is 8.79. The summed E-state index contributed by atoms with van der Waals surface area (Å²) in [5.41, 5.74) is 0. The number of hydrogen-bond acceptors (Lipinski definition) is 2. The molecule has 0 spiro atoms. The van der Waals surface area contributed by atoms with Crippen LogP contribution in [0.5, 0.6) is 0 Å². The predicted octanol–water partition coefficient (Wildman–Crippen LogP) is 3.81. The average Bonchev–Trinajstić information content (AvgIpc) is 3.08. The summed E-state index contributed by atoms with van der Waals surface area (Å²) in [5, 5.41) is 3.67. The monoisotopic (exact) mass is 266 g/mol. The lowest BCUT2D eigenvalue weighted by molar-refractivity contribution is 0.142. The normalized spacial score (nSPS) is 27.2. The zero-order chi connectivity index (χ0) is 13.5. The minimum Gasteiger partial charge on any atom is -0.315 e. The number of nitrogens with zero attached hydrogens (tertiary/aromatic N) is 1. The van der Waals surface area contributed by atoms with Crippen LogP contribution in [0.4, 0.5) is 0 Å². The van der Waals surface area contributed by atoms with E-state index in [-0.39, 0.29) is 0 Å². The van der Waals surface area contributed by atoms with Gasteiger partial charge in [0.2, 0.25) is 0 Å². The van der Waals surface area contributed by atoms with Crippen LogP contribution in [-0.2, 0) is 0 Å². The van der Waals surface area contributed by atoms with E-state index in [0.29, 0.717) is 0 Å². The lowest BCUT2D eigenvalue weighted by Crippen LogP contribution is -2.45. The molecule has 2 atom stereocenters. The number of hydrogen-bond donors (Lipinski definition) is 1. The molecule has 2 heteroatoms. The molecule has 1 saturated carbocycles. The van der Waals surface area contributed by atoms with E-state index in [1.54, 1.807) is 0 Å². The van der Waals surface area contributed by atoms with Crippen molar-refractivity contribution in [3.63, 3.8) is 0 Å². The molecule has 2 fully saturated rings. The van der Waals surface area contributed by atoms with Gasteiger partial charge in [0.05, 0.1) is 0 Å². The smallest absolute Gasteiger partial charge is 0.0195 e. The minimum atomic E-state index is 0.731. The lowest BCUT2D eigenvalue weighted by Gasteiger charge is -2.34. The highest BCUT2D eigenvalue weighted by atomic mass is 15.2. The Bertz CT molecular complexity index is 235. The zero-order valence-corrected chi connectivity index (χ0v) is 13.2. The molecule has 19 heavy (non-hydrogen) atoms. The molecule has 2 rings (SSSR count). The molecule has 112 valence electrons. The Morgan fingerprint density at radius 2 is 1.89 bits per heavy atom. The second-order valence-corrected chi connectivity index (χ2v) is 6.75. The van der Waals surface area contributed by atoms with Gasteiger partial charge in [-0.2, -0.15) is 0 Å². The van der Waals surface area contributed by atoms with Crippen LogP contribution in [-0.4, -0.2) is 36.6 Å². The van der Waals surface area contributed by atoms with Crippen molar-refractivity contribution in [3.05, 3.63) is 0 Å². The number of rotatable bonds is 8. The zero-order valence-electron chi connectivity index (χ0n) is 13.2. The van der Waals surface area contributed by atoms with Crippen molar-refractivity contribution in [1.82, 2.24) is 10.2 Å². The molecule has 1 N–H and O–H groups in total. The molecule has 1 aliphatic heterocycles. The molecule has 0 bridgehead atoms. The van der Waals surface area contributed by atoms with Gasteiger partial charge < -0.3 is 5.32 Å².